The van der Waals surface area contributed by atoms with Crippen molar-refractivity contribution in [1.82, 2.24) is 0 Å². The molecule has 1 aromatic rings. The largest absolute Gasteiger partial charge is 0.393 e. The van der Waals surface area contributed by atoms with E-state index in [0.717, 1.165) is 24.7 Å². The summed E-state index contributed by atoms with van der Waals surface area (Å²) in [7, 11) is 0. The van der Waals surface area contributed by atoms with Crippen LogP contribution in [0.4, 0.5) is 0 Å². The first-order chi connectivity index (χ1) is 15.1. The Bertz CT molecular complexity index is 878. The number of aliphatic hydroxyl groups excluding tert-OH is 1. The average molecular weight is 435 g/mol. The second-order valence-corrected chi connectivity index (χ2v) is 13.4. The standard InChI is InChI=1S/C31H46O/c1-20-8-10-22(11-9-20)18-21(2)28-26(32)19-25-23-12-13-27-29(3,4)15-7-16-30(27,5)24(23)14-17-31(25,28)6/h8-11,13,21,23-26,28,32H,7,12,14-19H2,1-6H3/t21?,23-,24+,25+,26+,28+,30-,31+/m1/s1. The molecule has 8 atom stereocenters. The van der Waals surface area contributed by atoms with E-state index in [4.69, 9.17) is 0 Å². The summed E-state index contributed by atoms with van der Waals surface area (Å²) in [5, 5.41) is 11.4. The lowest BCUT2D eigenvalue weighted by molar-refractivity contribution is -0.0618. The summed E-state index contributed by atoms with van der Waals surface area (Å²) >= 11 is 0. The molecule has 0 aromatic heterocycles. The van der Waals surface area contributed by atoms with E-state index in [1.54, 1.807) is 5.57 Å². The van der Waals surface area contributed by atoms with Crippen molar-refractivity contribution in [2.24, 2.45) is 45.8 Å². The number of aryl methyl sites for hydroxylation is 1. The molecule has 0 radical (unpaired) electrons. The minimum absolute atomic E-state index is 0.134. The Labute approximate surface area is 197 Å². The van der Waals surface area contributed by atoms with Gasteiger partial charge in [-0.25, -0.2) is 0 Å². The molecule has 1 nitrogen and oxygen atoms in total. The third-order valence-corrected chi connectivity index (χ3v) is 11.1. The molecule has 1 unspecified atom stereocenters. The third kappa shape index (κ3) is 3.36. The summed E-state index contributed by atoms with van der Waals surface area (Å²) < 4.78 is 0. The Morgan fingerprint density at radius 1 is 1.00 bits per heavy atom. The Balaban J connectivity index is 1.41. The van der Waals surface area contributed by atoms with Crippen LogP contribution in [0.3, 0.4) is 0 Å². The summed E-state index contributed by atoms with van der Waals surface area (Å²) in [6.07, 6.45) is 12.7. The topological polar surface area (TPSA) is 20.2 Å². The quantitative estimate of drug-likeness (QED) is 0.482. The van der Waals surface area contributed by atoms with Crippen molar-refractivity contribution in [2.75, 3.05) is 0 Å². The van der Waals surface area contributed by atoms with Gasteiger partial charge in [-0.1, -0.05) is 82.5 Å². The molecule has 0 aliphatic heterocycles. The van der Waals surface area contributed by atoms with Gasteiger partial charge in [0.2, 0.25) is 0 Å². The number of aliphatic hydroxyl groups is 1. The average Bonchev–Trinajstić information content (AvgIpc) is 2.99. The molecule has 4 aliphatic rings. The van der Waals surface area contributed by atoms with Gasteiger partial charge in [-0.3, -0.25) is 0 Å². The lowest BCUT2D eigenvalue weighted by Crippen LogP contribution is -2.52. The predicted molar refractivity (Wildman–Crippen MR) is 134 cm³/mol. The lowest BCUT2D eigenvalue weighted by atomic mass is 9.44. The number of hydrogen-bond acceptors (Lipinski definition) is 1. The zero-order valence-corrected chi connectivity index (χ0v) is 21.5. The van der Waals surface area contributed by atoms with Gasteiger partial charge in [0, 0.05) is 0 Å². The number of fused-ring (bicyclic) bond motifs is 5. The zero-order chi connectivity index (χ0) is 22.9. The van der Waals surface area contributed by atoms with Crippen LogP contribution in [0.25, 0.3) is 0 Å². The Morgan fingerprint density at radius 2 is 1.72 bits per heavy atom. The van der Waals surface area contributed by atoms with Crippen LogP contribution in [0.1, 0.15) is 90.7 Å². The van der Waals surface area contributed by atoms with Gasteiger partial charge in [-0.15, -0.1) is 0 Å². The van der Waals surface area contributed by atoms with Crippen molar-refractivity contribution >= 4 is 0 Å². The summed E-state index contributed by atoms with van der Waals surface area (Å²) in [5.41, 5.74) is 5.59. The maximum absolute atomic E-state index is 11.4. The van der Waals surface area contributed by atoms with Gasteiger partial charge < -0.3 is 5.11 Å². The van der Waals surface area contributed by atoms with Gasteiger partial charge in [0.1, 0.15) is 0 Å². The normalized spacial score (nSPS) is 43.6. The number of rotatable bonds is 3. The van der Waals surface area contributed by atoms with Crippen LogP contribution < -0.4 is 0 Å². The van der Waals surface area contributed by atoms with Gasteiger partial charge in [0.15, 0.2) is 0 Å². The molecule has 32 heavy (non-hydrogen) atoms. The number of hydrogen-bond donors (Lipinski definition) is 1. The van der Waals surface area contributed by atoms with Crippen LogP contribution in [0, 0.1) is 52.8 Å². The summed E-state index contributed by atoms with van der Waals surface area (Å²) in [4.78, 5) is 0. The van der Waals surface area contributed by atoms with Crippen LogP contribution >= 0.6 is 0 Å². The fourth-order valence-corrected chi connectivity index (χ4v) is 9.80. The Morgan fingerprint density at radius 3 is 2.44 bits per heavy atom. The first kappa shape index (κ1) is 22.7. The molecular weight excluding hydrogens is 388 g/mol. The third-order valence-electron chi connectivity index (χ3n) is 11.1. The van der Waals surface area contributed by atoms with Crippen molar-refractivity contribution < 1.29 is 5.11 Å². The summed E-state index contributed by atoms with van der Waals surface area (Å²) in [6, 6.07) is 9.06. The zero-order valence-electron chi connectivity index (χ0n) is 21.5. The van der Waals surface area contributed by atoms with Crippen molar-refractivity contribution in [3.63, 3.8) is 0 Å². The van der Waals surface area contributed by atoms with Crippen molar-refractivity contribution in [1.29, 1.82) is 0 Å². The van der Waals surface area contributed by atoms with E-state index in [0.29, 0.717) is 28.6 Å². The van der Waals surface area contributed by atoms with E-state index in [9.17, 15) is 5.11 Å². The second-order valence-electron chi connectivity index (χ2n) is 13.4. The van der Waals surface area contributed by atoms with Crippen LogP contribution in [0.5, 0.6) is 0 Å². The van der Waals surface area contributed by atoms with Gasteiger partial charge in [-0.2, -0.15) is 0 Å². The maximum atomic E-state index is 11.4. The van der Waals surface area contributed by atoms with Crippen LogP contribution in [0.15, 0.2) is 35.9 Å². The van der Waals surface area contributed by atoms with Crippen LogP contribution in [0.2, 0.25) is 0 Å². The van der Waals surface area contributed by atoms with E-state index in [-0.39, 0.29) is 11.5 Å². The van der Waals surface area contributed by atoms with Crippen molar-refractivity contribution in [2.45, 2.75) is 99.0 Å². The van der Waals surface area contributed by atoms with Gasteiger partial charge >= 0.3 is 0 Å². The highest BCUT2D eigenvalue weighted by Gasteiger charge is 2.62. The van der Waals surface area contributed by atoms with Gasteiger partial charge in [0.05, 0.1) is 6.10 Å². The van der Waals surface area contributed by atoms with Crippen LogP contribution in [-0.2, 0) is 6.42 Å². The molecule has 0 spiro atoms. The smallest absolute Gasteiger partial charge is 0.0579 e. The molecule has 0 saturated heterocycles. The highest BCUT2D eigenvalue weighted by molar-refractivity contribution is 5.30. The minimum Gasteiger partial charge on any atom is -0.393 e. The molecule has 3 saturated carbocycles. The monoisotopic (exact) mass is 434 g/mol. The first-order valence-electron chi connectivity index (χ1n) is 13.5. The highest BCUT2D eigenvalue weighted by atomic mass is 16.3. The molecule has 0 heterocycles. The predicted octanol–water partition coefficient (Wildman–Crippen LogP) is 7.75. The fourth-order valence-electron chi connectivity index (χ4n) is 9.80. The van der Waals surface area contributed by atoms with E-state index < -0.39 is 0 Å². The molecule has 0 amide bonds. The van der Waals surface area contributed by atoms with Crippen LogP contribution in [-0.4, -0.2) is 11.2 Å². The number of allylic oxidation sites excluding steroid dienone is 2. The van der Waals surface area contributed by atoms with Crippen molar-refractivity contribution in [3.05, 3.63) is 47.0 Å². The molecule has 0 bridgehead atoms. The molecule has 5 rings (SSSR count). The first-order valence-corrected chi connectivity index (χ1v) is 13.5. The second kappa shape index (κ2) is 7.72. The SMILES string of the molecule is Cc1ccc(CC(C)[C@H]2[C@@H](O)C[C@H]3[C@@H]4CC=C5C(C)(C)CCC[C@]5(C)[C@H]4CC[C@@]32C)cc1. The van der Waals surface area contributed by atoms with E-state index in [2.05, 4.69) is 71.9 Å². The lowest BCUT2D eigenvalue weighted by Gasteiger charge is -2.60. The molecule has 4 aliphatic carbocycles. The van der Waals surface area contributed by atoms with E-state index in [1.807, 2.05) is 0 Å². The molecule has 176 valence electrons. The van der Waals surface area contributed by atoms with Crippen molar-refractivity contribution in [3.8, 4) is 0 Å². The minimum atomic E-state index is -0.134. The summed E-state index contributed by atoms with van der Waals surface area (Å²) in [5.74, 6) is 3.22. The Hall–Kier alpha value is -1.08. The molecular formula is C31H46O. The molecule has 1 heteroatoms. The molecule has 3 fully saturated rings. The maximum Gasteiger partial charge on any atom is 0.0579 e. The summed E-state index contributed by atoms with van der Waals surface area (Å²) in [6.45, 7) is 14.7. The fraction of sp³-hybridized carbons (Fsp3) is 0.742. The highest BCUT2D eigenvalue weighted by Crippen LogP contribution is 2.68. The van der Waals surface area contributed by atoms with E-state index in [1.165, 1.54) is 49.7 Å². The molecule has 1 N–H and O–H groups in total. The van der Waals surface area contributed by atoms with Gasteiger partial charge in [-0.05, 0) is 103 Å². The number of benzene rings is 1. The van der Waals surface area contributed by atoms with E-state index >= 15 is 0 Å². The Kier molecular flexibility index (Phi) is 5.48. The van der Waals surface area contributed by atoms with Gasteiger partial charge in [0.25, 0.3) is 0 Å². The molecule has 1 aromatic carbocycles.